The Labute approximate surface area is 126 Å². The normalized spacial score (nSPS) is 10.3. The number of carbonyl (C=O) groups excluding carboxylic acids is 2. The van der Waals surface area contributed by atoms with Crippen LogP contribution in [0.3, 0.4) is 0 Å². The fourth-order valence-corrected chi connectivity index (χ4v) is 3.01. The Kier molecular flexibility index (Phi) is 4.51. The molecule has 0 saturated carbocycles. The van der Waals surface area contributed by atoms with Gasteiger partial charge in [-0.15, -0.1) is 11.3 Å². The van der Waals surface area contributed by atoms with Gasteiger partial charge in [0, 0.05) is 10.5 Å². The molecule has 0 atom stereocenters. The van der Waals surface area contributed by atoms with Gasteiger partial charge in [-0.1, -0.05) is 0 Å². The first-order valence-electron chi connectivity index (χ1n) is 5.47. The Hall–Kier alpha value is -1.73. The lowest BCUT2D eigenvalue weighted by atomic mass is 10.2. The maximum Gasteiger partial charge on any atom is 0.251 e. The van der Waals surface area contributed by atoms with E-state index >= 15 is 0 Å². The van der Waals surface area contributed by atoms with Crippen LogP contribution in [0.1, 0.15) is 20.0 Å². The number of nitrogens with two attached hydrogens (primary N) is 1. The van der Waals surface area contributed by atoms with Crippen LogP contribution in [0.2, 0.25) is 0 Å². The minimum absolute atomic E-state index is 0.161. The molecule has 2 rings (SSSR count). The molecule has 0 unspecified atom stereocenters. The average Bonchev–Trinajstić information content (AvgIpc) is 2.82. The third-order valence-electron chi connectivity index (χ3n) is 2.45. The summed E-state index contributed by atoms with van der Waals surface area (Å²) in [6, 6.07) is 5.40. The molecule has 0 aliphatic rings. The van der Waals surface area contributed by atoms with E-state index in [0.29, 0.717) is 9.35 Å². The van der Waals surface area contributed by atoms with E-state index in [1.165, 1.54) is 23.5 Å². The molecule has 2 aromatic rings. The first-order valence-corrected chi connectivity index (χ1v) is 7.14. The first kappa shape index (κ1) is 14.7. The molecule has 20 heavy (non-hydrogen) atoms. The van der Waals surface area contributed by atoms with Crippen molar-refractivity contribution in [2.45, 2.75) is 0 Å². The molecule has 0 radical (unpaired) electrons. The van der Waals surface area contributed by atoms with E-state index in [4.69, 9.17) is 10.5 Å². The number of carbonyl (C=O) groups is 2. The maximum atomic E-state index is 13.5. The molecule has 4 nitrogen and oxygen atoms in total. The Bertz CT molecular complexity index is 671. The molecular formula is C13H9BrFNO3S. The molecule has 0 aliphatic heterocycles. The lowest BCUT2D eigenvalue weighted by molar-refractivity contribution is 0.0923. The average molecular weight is 358 g/mol. The van der Waals surface area contributed by atoms with Crippen molar-refractivity contribution in [3.63, 3.8) is 0 Å². The van der Waals surface area contributed by atoms with Crippen LogP contribution in [0.4, 0.5) is 4.39 Å². The number of hydrogen-bond donors (Lipinski definition) is 1. The Balaban J connectivity index is 2.05. The van der Waals surface area contributed by atoms with Crippen LogP contribution in [0, 0.1) is 5.82 Å². The van der Waals surface area contributed by atoms with E-state index in [2.05, 4.69) is 15.9 Å². The van der Waals surface area contributed by atoms with E-state index in [-0.39, 0.29) is 23.7 Å². The molecule has 104 valence electrons. The van der Waals surface area contributed by atoms with Crippen LogP contribution in [-0.2, 0) is 0 Å². The SMILES string of the molecule is NC(=O)c1ccc(OCC(=O)c2sccc2Br)cc1F. The van der Waals surface area contributed by atoms with E-state index in [1.807, 2.05) is 0 Å². The highest BCUT2D eigenvalue weighted by Crippen LogP contribution is 2.23. The predicted molar refractivity (Wildman–Crippen MR) is 76.8 cm³/mol. The zero-order valence-electron chi connectivity index (χ0n) is 10.1. The molecule has 1 aromatic heterocycles. The lowest BCUT2D eigenvalue weighted by Gasteiger charge is -2.06. The fraction of sp³-hybridized carbons (Fsp3) is 0.0769. The highest BCUT2D eigenvalue weighted by atomic mass is 79.9. The molecule has 0 saturated heterocycles. The highest BCUT2D eigenvalue weighted by Gasteiger charge is 2.14. The molecule has 0 fully saturated rings. The van der Waals surface area contributed by atoms with Crippen molar-refractivity contribution in [1.29, 1.82) is 0 Å². The summed E-state index contributed by atoms with van der Waals surface area (Å²) in [5.74, 6) is -1.69. The van der Waals surface area contributed by atoms with E-state index < -0.39 is 11.7 Å². The van der Waals surface area contributed by atoms with Crippen LogP contribution >= 0.6 is 27.3 Å². The minimum atomic E-state index is -0.854. The number of benzene rings is 1. The molecule has 1 amide bonds. The Morgan fingerprint density at radius 1 is 1.35 bits per heavy atom. The van der Waals surface area contributed by atoms with Gasteiger partial charge in [0.15, 0.2) is 6.61 Å². The van der Waals surface area contributed by atoms with Gasteiger partial charge in [0.25, 0.3) is 5.91 Å². The van der Waals surface area contributed by atoms with Gasteiger partial charge in [0.05, 0.1) is 10.4 Å². The highest BCUT2D eigenvalue weighted by molar-refractivity contribution is 9.10. The number of hydrogen-bond acceptors (Lipinski definition) is 4. The van der Waals surface area contributed by atoms with Crippen LogP contribution in [0.25, 0.3) is 0 Å². The zero-order valence-corrected chi connectivity index (χ0v) is 12.5. The number of halogens is 2. The van der Waals surface area contributed by atoms with Crippen molar-refractivity contribution in [3.8, 4) is 5.75 Å². The largest absolute Gasteiger partial charge is 0.485 e. The van der Waals surface area contributed by atoms with Gasteiger partial charge < -0.3 is 10.5 Å². The molecule has 1 heterocycles. The summed E-state index contributed by atoms with van der Waals surface area (Å²) in [6.07, 6.45) is 0. The monoisotopic (exact) mass is 357 g/mol. The number of amides is 1. The zero-order chi connectivity index (χ0) is 14.7. The van der Waals surface area contributed by atoms with Crippen molar-refractivity contribution in [2.75, 3.05) is 6.61 Å². The summed E-state index contributed by atoms with van der Waals surface area (Å²) in [7, 11) is 0. The molecule has 2 N–H and O–H groups in total. The fourth-order valence-electron chi connectivity index (χ4n) is 1.49. The standard InChI is InChI=1S/C13H9BrFNO3S/c14-9-3-4-20-12(9)11(17)6-19-7-1-2-8(13(16)18)10(15)5-7/h1-5H,6H2,(H2,16,18). The number of ether oxygens (including phenoxy) is 1. The number of Topliss-reactive ketones (excluding diaryl/α,β-unsaturated/α-hetero) is 1. The third kappa shape index (κ3) is 3.23. The van der Waals surface area contributed by atoms with Gasteiger partial charge in [-0.05, 0) is 39.5 Å². The van der Waals surface area contributed by atoms with Gasteiger partial charge in [-0.25, -0.2) is 4.39 Å². The molecule has 7 heteroatoms. The topological polar surface area (TPSA) is 69.4 Å². The summed E-state index contributed by atoms with van der Waals surface area (Å²) < 4.78 is 19.4. The van der Waals surface area contributed by atoms with E-state index in [1.54, 1.807) is 11.4 Å². The van der Waals surface area contributed by atoms with E-state index in [9.17, 15) is 14.0 Å². The molecule has 1 aromatic carbocycles. The second-order valence-electron chi connectivity index (χ2n) is 3.82. The van der Waals surface area contributed by atoms with Crippen LogP contribution in [0.5, 0.6) is 5.75 Å². The second-order valence-corrected chi connectivity index (χ2v) is 5.59. The van der Waals surface area contributed by atoms with Gasteiger partial charge in [-0.2, -0.15) is 0 Å². The van der Waals surface area contributed by atoms with Crippen molar-refractivity contribution in [1.82, 2.24) is 0 Å². The quantitative estimate of drug-likeness (QED) is 0.836. The predicted octanol–water partition coefficient (Wildman–Crippen LogP) is 3.01. The van der Waals surface area contributed by atoms with Crippen molar-refractivity contribution >= 4 is 39.0 Å². The summed E-state index contributed by atoms with van der Waals surface area (Å²) in [4.78, 5) is 23.3. The summed E-state index contributed by atoms with van der Waals surface area (Å²) in [6.45, 7) is -0.214. The minimum Gasteiger partial charge on any atom is -0.485 e. The summed E-state index contributed by atoms with van der Waals surface area (Å²) in [5.41, 5.74) is 4.77. The number of primary amides is 1. The van der Waals surface area contributed by atoms with Gasteiger partial charge in [-0.3, -0.25) is 9.59 Å². The van der Waals surface area contributed by atoms with Gasteiger partial charge in [0.2, 0.25) is 5.78 Å². The molecule has 0 aliphatic carbocycles. The Morgan fingerprint density at radius 2 is 2.10 bits per heavy atom. The Morgan fingerprint density at radius 3 is 2.65 bits per heavy atom. The number of thiophene rings is 1. The molecule has 0 spiro atoms. The maximum absolute atomic E-state index is 13.5. The molecule has 0 bridgehead atoms. The molecular weight excluding hydrogens is 349 g/mol. The van der Waals surface area contributed by atoms with Crippen molar-refractivity contribution in [2.24, 2.45) is 5.73 Å². The van der Waals surface area contributed by atoms with Crippen molar-refractivity contribution < 1.29 is 18.7 Å². The van der Waals surface area contributed by atoms with Crippen LogP contribution in [-0.4, -0.2) is 18.3 Å². The summed E-state index contributed by atoms with van der Waals surface area (Å²) >= 11 is 4.54. The number of rotatable bonds is 5. The van der Waals surface area contributed by atoms with Crippen LogP contribution in [0.15, 0.2) is 34.1 Å². The number of ketones is 1. The van der Waals surface area contributed by atoms with Gasteiger partial charge >= 0.3 is 0 Å². The first-order chi connectivity index (χ1) is 9.49. The summed E-state index contributed by atoms with van der Waals surface area (Å²) in [5, 5.41) is 1.78. The van der Waals surface area contributed by atoms with Gasteiger partial charge in [0.1, 0.15) is 11.6 Å². The second kappa shape index (κ2) is 6.15. The third-order valence-corrected chi connectivity index (χ3v) is 4.33. The smallest absolute Gasteiger partial charge is 0.251 e. The van der Waals surface area contributed by atoms with E-state index in [0.717, 1.165) is 6.07 Å². The van der Waals surface area contributed by atoms with Crippen LogP contribution < -0.4 is 10.5 Å². The van der Waals surface area contributed by atoms with Crippen molar-refractivity contribution in [3.05, 3.63) is 50.4 Å². The lowest BCUT2D eigenvalue weighted by Crippen LogP contribution is -2.14.